The van der Waals surface area contributed by atoms with Crippen molar-refractivity contribution < 1.29 is 32.3 Å². The normalized spacial score (nSPS) is 11.6. The molecule has 0 aliphatic heterocycles. The molecule has 0 amide bonds. The Morgan fingerprint density at radius 2 is 2.05 bits per heavy atom. The summed E-state index contributed by atoms with van der Waals surface area (Å²) in [5.74, 6) is -1.96. The van der Waals surface area contributed by atoms with Crippen molar-refractivity contribution in [1.82, 2.24) is 4.31 Å². The number of aryl methyl sites for hydroxylation is 1. The van der Waals surface area contributed by atoms with E-state index in [-0.39, 0.29) is 11.3 Å². The van der Waals surface area contributed by atoms with Crippen LogP contribution in [0.15, 0.2) is 15.6 Å². The second kappa shape index (κ2) is 5.41. The molecule has 19 heavy (non-hydrogen) atoms. The Balaban J connectivity index is 3.16. The summed E-state index contributed by atoms with van der Waals surface area (Å²) in [5, 5.41) is 8.06. The van der Waals surface area contributed by atoms with E-state index in [4.69, 9.17) is 9.52 Å². The first-order valence-corrected chi connectivity index (χ1v) is 6.51. The van der Waals surface area contributed by atoms with Crippen LogP contribution in [0.25, 0.3) is 0 Å². The number of hydrogen-bond acceptors (Lipinski definition) is 6. The predicted molar refractivity (Wildman–Crippen MR) is 62.2 cm³/mol. The lowest BCUT2D eigenvalue weighted by atomic mass is 10.3. The molecule has 1 aromatic rings. The van der Waals surface area contributed by atoms with Crippen LogP contribution in [0, 0.1) is 6.92 Å². The van der Waals surface area contributed by atoms with Crippen molar-refractivity contribution in [3.05, 3.63) is 17.4 Å². The fraction of sp³-hybridized carbons (Fsp3) is 0.400. The van der Waals surface area contributed by atoms with Gasteiger partial charge in [-0.3, -0.25) is 4.79 Å². The SMILES string of the molecule is COC(=O)c1cc(S(=O)(=O)N(C)CC(=O)O)oc1C. The van der Waals surface area contributed by atoms with Crippen LogP contribution in [0.5, 0.6) is 0 Å². The number of methoxy groups -OCH3 is 1. The summed E-state index contributed by atoms with van der Waals surface area (Å²) in [6.07, 6.45) is 0. The minimum absolute atomic E-state index is 0.0233. The molecule has 0 atom stereocenters. The minimum atomic E-state index is -4.10. The number of carbonyl (C=O) groups is 2. The van der Waals surface area contributed by atoms with Gasteiger partial charge in [0.15, 0.2) is 0 Å². The number of nitrogens with zero attached hydrogens (tertiary/aromatic N) is 1. The molecular weight excluding hydrogens is 278 g/mol. The summed E-state index contributed by atoms with van der Waals surface area (Å²) < 4.78 is 34.0. The van der Waals surface area contributed by atoms with Crippen molar-refractivity contribution in [3.8, 4) is 0 Å². The average Bonchev–Trinajstić information content (AvgIpc) is 2.70. The summed E-state index contributed by atoms with van der Waals surface area (Å²) >= 11 is 0. The Labute approximate surface area is 109 Å². The largest absolute Gasteiger partial charge is 0.480 e. The maximum atomic E-state index is 12.0. The first-order chi connectivity index (χ1) is 8.70. The number of carbonyl (C=O) groups excluding carboxylic acids is 1. The molecular formula is C10H13NO7S. The summed E-state index contributed by atoms with van der Waals surface area (Å²) in [4.78, 5) is 21.8. The van der Waals surface area contributed by atoms with Crippen molar-refractivity contribution in [2.45, 2.75) is 12.0 Å². The fourth-order valence-corrected chi connectivity index (χ4v) is 2.41. The van der Waals surface area contributed by atoms with Gasteiger partial charge in [0.05, 0.1) is 7.11 Å². The van der Waals surface area contributed by atoms with Gasteiger partial charge >= 0.3 is 11.9 Å². The number of sulfonamides is 1. The third-order valence-electron chi connectivity index (χ3n) is 2.32. The van der Waals surface area contributed by atoms with Crippen LogP contribution in [-0.4, -0.2) is 50.5 Å². The molecule has 1 rings (SSSR count). The second-order valence-corrected chi connectivity index (χ2v) is 5.66. The maximum Gasteiger partial charge on any atom is 0.341 e. The highest BCUT2D eigenvalue weighted by atomic mass is 32.2. The van der Waals surface area contributed by atoms with Crippen LogP contribution in [-0.2, 0) is 19.6 Å². The molecule has 0 bridgehead atoms. The van der Waals surface area contributed by atoms with Gasteiger partial charge in [0.25, 0.3) is 10.0 Å². The van der Waals surface area contributed by atoms with Crippen LogP contribution in [0.3, 0.4) is 0 Å². The Morgan fingerprint density at radius 1 is 1.47 bits per heavy atom. The molecule has 8 nitrogen and oxygen atoms in total. The van der Waals surface area contributed by atoms with Gasteiger partial charge in [-0.25, -0.2) is 13.2 Å². The first kappa shape index (κ1) is 15.2. The fourth-order valence-electron chi connectivity index (χ4n) is 1.32. The van der Waals surface area contributed by atoms with Crippen LogP contribution in [0.1, 0.15) is 16.1 Å². The highest BCUT2D eigenvalue weighted by molar-refractivity contribution is 7.89. The second-order valence-electron chi connectivity index (χ2n) is 3.68. The third-order valence-corrected chi connectivity index (χ3v) is 3.98. The first-order valence-electron chi connectivity index (χ1n) is 5.07. The lowest BCUT2D eigenvalue weighted by Gasteiger charge is -2.12. The number of furan rings is 1. The number of carboxylic acids is 1. The zero-order chi connectivity index (χ0) is 14.8. The lowest BCUT2D eigenvalue weighted by Crippen LogP contribution is -2.31. The molecule has 0 aliphatic carbocycles. The van der Waals surface area contributed by atoms with E-state index in [1.165, 1.54) is 6.92 Å². The number of ether oxygens (including phenoxy) is 1. The summed E-state index contributed by atoms with van der Waals surface area (Å²) in [5.41, 5.74) is -0.0233. The van der Waals surface area contributed by atoms with Gasteiger partial charge in [-0.1, -0.05) is 0 Å². The summed E-state index contributed by atoms with van der Waals surface area (Å²) in [6, 6.07) is 1.01. The Hall–Kier alpha value is -1.87. The minimum Gasteiger partial charge on any atom is -0.480 e. The standard InChI is InChI=1S/C10H13NO7S/c1-6-7(10(14)17-3)4-9(18-6)19(15,16)11(2)5-8(12)13/h4H,5H2,1-3H3,(H,12,13). The number of aliphatic carboxylic acids is 1. The van der Waals surface area contributed by atoms with Crippen LogP contribution < -0.4 is 0 Å². The van der Waals surface area contributed by atoms with E-state index in [1.54, 1.807) is 0 Å². The van der Waals surface area contributed by atoms with E-state index in [2.05, 4.69) is 4.74 Å². The molecule has 1 heterocycles. The Morgan fingerprint density at radius 3 is 2.53 bits per heavy atom. The zero-order valence-electron chi connectivity index (χ0n) is 10.5. The van der Waals surface area contributed by atoms with Crippen molar-refractivity contribution >= 4 is 22.0 Å². The van der Waals surface area contributed by atoms with Crippen molar-refractivity contribution in [2.24, 2.45) is 0 Å². The molecule has 106 valence electrons. The molecule has 1 aromatic heterocycles. The van der Waals surface area contributed by atoms with Gasteiger partial charge in [-0.15, -0.1) is 0 Å². The number of likely N-dealkylation sites (N-methyl/N-ethyl adjacent to an activating group) is 1. The zero-order valence-corrected chi connectivity index (χ0v) is 11.4. The molecule has 0 saturated carbocycles. The van der Waals surface area contributed by atoms with Crippen molar-refractivity contribution in [1.29, 1.82) is 0 Å². The Kier molecular flexibility index (Phi) is 4.32. The number of esters is 1. The molecule has 9 heteroatoms. The molecule has 0 aromatic carbocycles. The lowest BCUT2D eigenvalue weighted by molar-refractivity contribution is -0.137. The molecule has 0 unspecified atom stereocenters. The topological polar surface area (TPSA) is 114 Å². The van der Waals surface area contributed by atoms with Gasteiger partial charge in [0, 0.05) is 13.1 Å². The molecule has 0 radical (unpaired) electrons. The van der Waals surface area contributed by atoms with Gasteiger partial charge in [-0.05, 0) is 6.92 Å². The average molecular weight is 291 g/mol. The molecule has 0 spiro atoms. The number of carboxylic acid groups (broad SMARTS) is 1. The molecule has 0 fully saturated rings. The van der Waals surface area contributed by atoms with E-state index in [9.17, 15) is 18.0 Å². The van der Waals surface area contributed by atoms with E-state index >= 15 is 0 Å². The monoisotopic (exact) mass is 291 g/mol. The van der Waals surface area contributed by atoms with Crippen molar-refractivity contribution in [3.63, 3.8) is 0 Å². The van der Waals surface area contributed by atoms with E-state index in [1.807, 2.05) is 0 Å². The van der Waals surface area contributed by atoms with Gasteiger partial charge in [0.1, 0.15) is 17.9 Å². The van der Waals surface area contributed by atoms with E-state index in [0.29, 0.717) is 4.31 Å². The van der Waals surface area contributed by atoms with Gasteiger partial charge in [0.2, 0.25) is 5.09 Å². The number of rotatable bonds is 5. The smallest absolute Gasteiger partial charge is 0.341 e. The number of hydrogen-bond donors (Lipinski definition) is 1. The summed E-state index contributed by atoms with van der Waals surface area (Å²) in [7, 11) is -1.85. The van der Waals surface area contributed by atoms with Crippen molar-refractivity contribution in [2.75, 3.05) is 20.7 Å². The van der Waals surface area contributed by atoms with E-state index < -0.39 is 33.6 Å². The maximum absolute atomic E-state index is 12.0. The Bertz CT molecular complexity index is 601. The van der Waals surface area contributed by atoms with Crippen LogP contribution in [0.2, 0.25) is 0 Å². The highest BCUT2D eigenvalue weighted by Crippen LogP contribution is 2.22. The van der Waals surface area contributed by atoms with Crippen LogP contribution >= 0.6 is 0 Å². The van der Waals surface area contributed by atoms with E-state index in [0.717, 1.165) is 20.2 Å². The quantitative estimate of drug-likeness (QED) is 0.764. The van der Waals surface area contributed by atoms with Gasteiger partial charge < -0.3 is 14.3 Å². The van der Waals surface area contributed by atoms with Gasteiger partial charge in [-0.2, -0.15) is 4.31 Å². The summed E-state index contributed by atoms with van der Waals surface area (Å²) in [6.45, 7) is 0.693. The molecule has 0 saturated heterocycles. The molecule has 0 aliphatic rings. The highest BCUT2D eigenvalue weighted by Gasteiger charge is 2.29. The molecule has 1 N–H and O–H groups in total. The van der Waals surface area contributed by atoms with Crippen LogP contribution in [0.4, 0.5) is 0 Å². The third kappa shape index (κ3) is 3.12. The predicted octanol–water partition coefficient (Wildman–Crippen LogP) is 0.0797.